The molecule has 1 saturated heterocycles. The van der Waals surface area contributed by atoms with Crippen molar-refractivity contribution < 1.29 is 38.1 Å². The van der Waals surface area contributed by atoms with Crippen LogP contribution in [-0.2, 0) is 38.1 Å². The Morgan fingerprint density at radius 2 is 1.60 bits per heavy atom. The lowest BCUT2D eigenvalue weighted by Crippen LogP contribution is -2.59. The van der Waals surface area contributed by atoms with Crippen molar-refractivity contribution in [2.75, 3.05) is 7.11 Å². The minimum absolute atomic E-state index is 0.256. The lowest BCUT2D eigenvalue weighted by molar-refractivity contribution is -0.276. The maximum atomic E-state index is 12.1. The van der Waals surface area contributed by atoms with E-state index in [4.69, 9.17) is 23.7 Å². The van der Waals surface area contributed by atoms with Crippen LogP contribution in [0.1, 0.15) is 27.7 Å². The van der Waals surface area contributed by atoms with E-state index in [2.05, 4.69) is 6.58 Å². The Kier molecular flexibility index (Phi) is 7.63. The Hall–Kier alpha value is -2.35. The van der Waals surface area contributed by atoms with Gasteiger partial charge in [-0.3, -0.25) is 9.59 Å². The van der Waals surface area contributed by atoms with Crippen molar-refractivity contribution in [2.24, 2.45) is 5.92 Å². The van der Waals surface area contributed by atoms with E-state index >= 15 is 0 Å². The molecule has 0 radical (unpaired) electrons. The van der Waals surface area contributed by atoms with E-state index in [0.717, 1.165) is 0 Å². The van der Waals surface area contributed by atoms with Crippen LogP contribution >= 0.6 is 0 Å². The molecule has 0 N–H and O–H groups in total. The third kappa shape index (κ3) is 5.60. The van der Waals surface area contributed by atoms with E-state index in [1.807, 2.05) is 0 Å². The monoisotopic (exact) mass is 356 g/mol. The van der Waals surface area contributed by atoms with E-state index < -0.39 is 48.4 Å². The zero-order chi connectivity index (χ0) is 19.1. The summed E-state index contributed by atoms with van der Waals surface area (Å²) in [5.41, 5.74) is 0. The molecule has 1 aliphatic heterocycles. The molecule has 140 valence electrons. The molecule has 5 atom stereocenters. The molecule has 8 nitrogen and oxygen atoms in total. The smallest absolute Gasteiger partial charge is 0.339 e. The van der Waals surface area contributed by atoms with Crippen molar-refractivity contribution in [1.29, 1.82) is 0 Å². The average molecular weight is 356 g/mol. The highest BCUT2D eigenvalue weighted by Crippen LogP contribution is 2.32. The van der Waals surface area contributed by atoms with Gasteiger partial charge in [-0.25, -0.2) is 4.79 Å². The molecule has 0 saturated carbocycles. The Labute approximate surface area is 146 Å². The predicted molar refractivity (Wildman–Crippen MR) is 86.0 cm³/mol. The molecular weight excluding hydrogens is 332 g/mol. The zero-order valence-electron chi connectivity index (χ0n) is 15.0. The minimum Gasteiger partial charge on any atom is -0.467 e. The van der Waals surface area contributed by atoms with Gasteiger partial charge in [-0.2, -0.15) is 0 Å². The molecule has 1 aliphatic rings. The van der Waals surface area contributed by atoms with E-state index in [1.54, 1.807) is 26.0 Å². The summed E-state index contributed by atoms with van der Waals surface area (Å²) in [5.74, 6) is -2.23. The first kappa shape index (κ1) is 20.7. The summed E-state index contributed by atoms with van der Waals surface area (Å²) >= 11 is 0. The van der Waals surface area contributed by atoms with Gasteiger partial charge in [0, 0.05) is 19.8 Å². The maximum Gasteiger partial charge on any atom is 0.339 e. The molecular formula is C17H24O8. The Morgan fingerprint density at radius 3 is 2.08 bits per heavy atom. The van der Waals surface area contributed by atoms with E-state index in [9.17, 15) is 14.4 Å². The lowest BCUT2D eigenvalue weighted by atomic mass is 9.90. The SMILES string of the molecule is C=C(/C=C\C)O[C@@H]1O[C@H](C(=O)OC)[C@@H](OC(C)=O)[C@H](C)[C@H]1OC(C)=O. The molecule has 0 aromatic rings. The van der Waals surface area contributed by atoms with Crippen LogP contribution in [0, 0.1) is 5.92 Å². The van der Waals surface area contributed by atoms with Crippen LogP contribution in [0.15, 0.2) is 24.5 Å². The fourth-order valence-corrected chi connectivity index (χ4v) is 2.50. The predicted octanol–water partition coefficient (Wildman–Crippen LogP) is 1.49. The van der Waals surface area contributed by atoms with Crippen LogP contribution < -0.4 is 0 Å². The molecule has 0 bridgehead atoms. The van der Waals surface area contributed by atoms with Gasteiger partial charge in [0.1, 0.15) is 11.9 Å². The van der Waals surface area contributed by atoms with Gasteiger partial charge in [0.05, 0.1) is 7.11 Å². The lowest BCUT2D eigenvalue weighted by Gasteiger charge is -2.42. The fraction of sp³-hybridized carbons (Fsp3) is 0.588. The second-order valence-corrected chi connectivity index (χ2v) is 5.54. The summed E-state index contributed by atoms with van der Waals surface area (Å²) in [6.07, 6.45) is -0.953. The van der Waals surface area contributed by atoms with Crippen LogP contribution in [0.2, 0.25) is 0 Å². The molecule has 0 amide bonds. The first-order valence-electron chi connectivity index (χ1n) is 7.77. The molecule has 0 aromatic heterocycles. The van der Waals surface area contributed by atoms with Crippen LogP contribution in [0.4, 0.5) is 0 Å². The molecule has 0 aromatic carbocycles. The molecule has 8 heteroatoms. The van der Waals surface area contributed by atoms with Gasteiger partial charge >= 0.3 is 17.9 Å². The number of rotatable bonds is 6. The quantitative estimate of drug-likeness (QED) is 0.306. The second kappa shape index (κ2) is 9.22. The molecule has 0 aliphatic carbocycles. The number of carbonyl (C=O) groups is 3. The number of hydrogen-bond acceptors (Lipinski definition) is 8. The van der Waals surface area contributed by atoms with Crippen molar-refractivity contribution in [1.82, 2.24) is 0 Å². The topological polar surface area (TPSA) is 97.4 Å². The standard InChI is InChI=1S/C17H24O8/c1-7-8-9(2)22-17-14(24-12(5)19)10(3)13(23-11(4)18)15(25-17)16(20)21-6/h7-8,10,13-15,17H,2H2,1,3-6H3/b8-7-/t10-,13-,14+,15-,17+/m0/s1. The molecule has 1 heterocycles. The number of methoxy groups -OCH3 is 1. The minimum atomic E-state index is -1.22. The fourth-order valence-electron chi connectivity index (χ4n) is 2.50. The summed E-state index contributed by atoms with van der Waals surface area (Å²) in [7, 11) is 1.19. The second-order valence-electron chi connectivity index (χ2n) is 5.54. The number of allylic oxidation sites excluding steroid dienone is 2. The zero-order valence-corrected chi connectivity index (χ0v) is 15.0. The molecule has 0 unspecified atom stereocenters. The van der Waals surface area contributed by atoms with Gasteiger partial charge in [-0.1, -0.05) is 19.6 Å². The average Bonchev–Trinajstić information content (AvgIpc) is 2.52. The largest absolute Gasteiger partial charge is 0.467 e. The van der Waals surface area contributed by atoms with Gasteiger partial charge in [0.25, 0.3) is 0 Å². The highest BCUT2D eigenvalue weighted by molar-refractivity contribution is 5.76. The number of carbonyl (C=O) groups excluding carboxylic acids is 3. The number of esters is 3. The molecule has 25 heavy (non-hydrogen) atoms. The maximum absolute atomic E-state index is 12.1. The van der Waals surface area contributed by atoms with Crippen molar-refractivity contribution in [3.63, 3.8) is 0 Å². The van der Waals surface area contributed by atoms with Crippen molar-refractivity contribution >= 4 is 17.9 Å². The Balaban J connectivity index is 3.16. The van der Waals surface area contributed by atoms with Crippen molar-refractivity contribution in [3.05, 3.63) is 24.5 Å². The van der Waals surface area contributed by atoms with Crippen molar-refractivity contribution in [2.45, 2.75) is 52.3 Å². The summed E-state index contributed by atoms with van der Waals surface area (Å²) in [6, 6.07) is 0. The van der Waals surface area contributed by atoms with E-state index in [-0.39, 0.29) is 5.76 Å². The summed E-state index contributed by atoms with van der Waals surface area (Å²) in [5, 5.41) is 0. The van der Waals surface area contributed by atoms with Gasteiger partial charge in [-0.15, -0.1) is 0 Å². The van der Waals surface area contributed by atoms with E-state index in [1.165, 1.54) is 21.0 Å². The van der Waals surface area contributed by atoms with Crippen LogP contribution in [-0.4, -0.2) is 49.6 Å². The highest BCUT2D eigenvalue weighted by Gasteiger charge is 2.51. The van der Waals surface area contributed by atoms with Gasteiger partial charge in [0.2, 0.25) is 6.29 Å². The molecule has 0 spiro atoms. The third-order valence-electron chi connectivity index (χ3n) is 3.54. The Morgan fingerprint density at radius 1 is 1.04 bits per heavy atom. The highest BCUT2D eigenvalue weighted by atomic mass is 16.7. The van der Waals surface area contributed by atoms with Crippen LogP contribution in [0.3, 0.4) is 0 Å². The van der Waals surface area contributed by atoms with Crippen LogP contribution in [0.25, 0.3) is 0 Å². The first-order valence-corrected chi connectivity index (χ1v) is 7.77. The normalized spacial score (nSPS) is 28.9. The number of hydrogen-bond donors (Lipinski definition) is 0. The van der Waals surface area contributed by atoms with Crippen LogP contribution in [0.5, 0.6) is 0 Å². The first-order chi connectivity index (χ1) is 11.7. The summed E-state index contributed by atoms with van der Waals surface area (Å²) in [6.45, 7) is 9.58. The Bertz CT molecular complexity index is 553. The van der Waals surface area contributed by atoms with E-state index in [0.29, 0.717) is 0 Å². The summed E-state index contributed by atoms with van der Waals surface area (Å²) in [4.78, 5) is 34.9. The summed E-state index contributed by atoms with van der Waals surface area (Å²) < 4.78 is 26.4. The molecule has 1 rings (SSSR count). The van der Waals surface area contributed by atoms with Crippen molar-refractivity contribution in [3.8, 4) is 0 Å². The third-order valence-corrected chi connectivity index (χ3v) is 3.54. The molecule has 1 fully saturated rings. The van der Waals surface area contributed by atoms with Gasteiger partial charge in [-0.05, 0) is 13.0 Å². The van der Waals surface area contributed by atoms with Gasteiger partial charge < -0.3 is 23.7 Å². The van der Waals surface area contributed by atoms with Gasteiger partial charge in [0.15, 0.2) is 12.2 Å². The number of ether oxygens (including phenoxy) is 5.